The fourth-order valence-electron chi connectivity index (χ4n) is 3.17. The number of halogens is 1. The normalized spacial score (nSPS) is 17.7. The van der Waals surface area contributed by atoms with Gasteiger partial charge in [0.25, 0.3) is 0 Å². The van der Waals surface area contributed by atoms with Crippen LogP contribution >= 0.6 is 27.7 Å². The highest BCUT2D eigenvalue weighted by Crippen LogP contribution is 2.30. The van der Waals surface area contributed by atoms with Crippen molar-refractivity contribution < 1.29 is 9.21 Å². The van der Waals surface area contributed by atoms with Gasteiger partial charge in [0.1, 0.15) is 11.5 Å². The van der Waals surface area contributed by atoms with Crippen LogP contribution in [0.2, 0.25) is 0 Å². The molecule has 3 aromatic rings. The molecule has 1 aliphatic heterocycles. The van der Waals surface area contributed by atoms with Gasteiger partial charge < -0.3 is 4.42 Å². The van der Waals surface area contributed by atoms with Gasteiger partial charge in [-0.15, -0.1) is 11.7 Å². The van der Waals surface area contributed by atoms with Gasteiger partial charge in [0.15, 0.2) is 5.17 Å². The highest BCUT2D eigenvalue weighted by atomic mass is 79.9. The van der Waals surface area contributed by atoms with Gasteiger partial charge in [0.05, 0.1) is 11.5 Å². The number of amidine groups is 1. The molecule has 4 rings (SSSR count). The molecule has 0 spiro atoms. The van der Waals surface area contributed by atoms with E-state index in [2.05, 4.69) is 32.7 Å². The number of furan rings is 1. The maximum absolute atomic E-state index is 12.8. The molecule has 0 radical (unpaired) electrons. The van der Waals surface area contributed by atoms with Crippen molar-refractivity contribution in [1.82, 2.24) is 4.90 Å². The standard InChI is InChI=1S/C24H20BrN3O2S/c1-2-14-28-23(29)22(15-17-6-4-3-5-7-17)31-24(28)27-26-16-20-12-13-21(30-20)18-8-10-19(25)11-9-18/h2-13,16,22H,1,14-15H2/b26-16-,27-24+/t22-/m0/s1. The zero-order valence-electron chi connectivity index (χ0n) is 16.6. The van der Waals surface area contributed by atoms with Crippen molar-refractivity contribution in [2.75, 3.05) is 6.54 Å². The second kappa shape index (κ2) is 9.94. The van der Waals surface area contributed by atoms with Crippen LogP contribution in [0.5, 0.6) is 0 Å². The van der Waals surface area contributed by atoms with Gasteiger partial charge in [0, 0.05) is 16.6 Å². The summed E-state index contributed by atoms with van der Waals surface area (Å²) < 4.78 is 6.85. The van der Waals surface area contributed by atoms with E-state index in [9.17, 15) is 4.79 Å². The van der Waals surface area contributed by atoms with E-state index in [1.165, 1.54) is 11.8 Å². The highest BCUT2D eigenvalue weighted by Gasteiger charge is 2.37. The molecule has 7 heteroatoms. The summed E-state index contributed by atoms with van der Waals surface area (Å²) in [5, 5.41) is 8.81. The molecule has 5 nitrogen and oxygen atoms in total. The fraction of sp³-hybridized carbons (Fsp3) is 0.125. The van der Waals surface area contributed by atoms with Crippen LogP contribution < -0.4 is 0 Å². The average Bonchev–Trinajstić information content (AvgIpc) is 3.36. The molecule has 0 saturated carbocycles. The SMILES string of the molecule is C=CCN1C(=O)[C@H](Cc2ccccc2)S/C1=N/N=C\c1ccc(-c2ccc(Br)cc2)o1. The maximum Gasteiger partial charge on any atom is 0.242 e. The smallest absolute Gasteiger partial charge is 0.242 e. The Morgan fingerprint density at radius 1 is 1.10 bits per heavy atom. The van der Waals surface area contributed by atoms with Crippen molar-refractivity contribution in [2.45, 2.75) is 11.7 Å². The Bertz CT molecular complexity index is 1120. The lowest BCUT2D eigenvalue weighted by molar-refractivity contribution is -0.125. The molecule has 31 heavy (non-hydrogen) atoms. The van der Waals surface area contributed by atoms with E-state index in [1.807, 2.05) is 66.7 Å². The lowest BCUT2D eigenvalue weighted by Crippen LogP contribution is -2.32. The summed E-state index contributed by atoms with van der Waals surface area (Å²) in [6.45, 7) is 4.16. The Balaban J connectivity index is 1.47. The first-order valence-electron chi connectivity index (χ1n) is 9.73. The molecule has 1 aromatic heterocycles. The molecule has 1 aliphatic rings. The summed E-state index contributed by atoms with van der Waals surface area (Å²) in [7, 11) is 0. The van der Waals surface area contributed by atoms with Crippen molar-refractivity contribution in [3.63, 3.8) is 0 Å². The van der Waals surface area contributed by atoms with Gasteiger partial charge in [-0.3, -0.25) is 9.69 Å². The van der Waals surface area contributed by atoms with Crippen LogP contribution in [0.25, 0.3) is 11.3 Å². The van der Waals surface area contributed by atoms with E-state index in [0.717, 1.165) is 21.4 Å². The van der Waals surface area contributed by atoms with E-state index in [1.54, 1.807) is 17.2 Å². The lowest BCUT2D eigenvalue weighted by atomic mass is 10.1. The molecule has 1 amide bonds. The molecule has 2 aromatic carbocycles. The summed E-state index contributed by atoms with van der Waals surface area (Å²) in [6.07, 6.45) is 3.89. The van der Waals surface area contributed by atoms with Gasteiger partial charge in [-0.2, -0.15) is 5.10 Å². The molecule has 0 N–H and O–H groups in total. The van der Waals surface area contributed by atoms with Gasteiger partial charge >= 0.3 is 0 Å². The quantitative estimate of drug-likeness (QED) is 0.238. The van der Waals surface area contributed by atoms with E-state index in [-0.39, 0.29) is 11.2 Å². The summed E-state index contributed by atoms with van der Waals surface area (Å²) >= 11 is 4.86. The van der Waals surface area contributed by atoms with Gasteiger partial charge in [-0.25, -0.2) is 0 Å². The lowest BCUT2D eigenvalue weighted by Gasteiger charge is -2.12. The summed E-state index contributed by atoms with van der Waals surface area (Å²) in [5.74, 6) is 1.37. The molecular weight excluding hydrogens is 474 g/mol. The zero-order valence-corrected chi connectivity index (χ0v) is 19.1. The van der Waals surface area contributed by atoms with E-state index in [0.29, 0.717) is 23.9 Å². The number of hydrogen-bond donors (Lipinski definition) is 0. The Morgan fingerprint density at radius 2 is 1.87 bits per heavy atom. The Morgan fingerprint density at radius 3 is 2.61 bits per heavy atom. The minimum atomic E-state index is -0.219. The van der Waals surface area contributed by atoms with Crippen LogP contribution in [-0.2, 0) is 11.2 Å². The minimum absolute atomic E-state index is 0.0261. The third kappa shape index (κ3) is 5.24. The molecule has 156 valence electrons. The predicted octanol–water partition coefficient (Wildman–Crippen LogP) is 5.77. The molecule has 1 atom stereocenters. The van der Waals surface area contributed by atoms with E-state index in [4.69, 9.17) is 4.42 Å². The van der Waals surface area contributed by atoms with Gasteiger partial charge in [-0.1, -0.05) is 76.2 Å². The molecule has 2 heterocycles. The van der Waals surface area contributed by atoms with Crippen molar-refractivity contribution in [2.24, 2.45) is 10.2 Å². The summed E-state index contributed by atoms with van der Waals surface area (Å²) in [5.41, 5.74) is 2.10. The minimum Gasteiger partial charge on any atom is -0.455 e. The maximum atomic E-state index is 12.8. The van der Waals surface area contributed by atoms with Gasteiger partial charge in [-0.05, 0) is 36.2 Å². The third-order valence-electron chi connectivity index (χ3n) is 4.68. The molecule has 0 bridgehead atoms. The van der Waals surface area contributed by atoms with Crippen LogP contribution in [0.3, 0.4) is 0 Å². The average molecular weight is 494 g/mol. The fourth-order valence-corrected chi connectivity index (χ4v) is 4.58. The molecule has 0 unspecified atom stereocenters. The van der Waals surface area contributed by atoms with Crippen LogP contribution in [-0.4, -0.2) is 34.0 Å². The van der Waals surface area contributed by atoms with Crippen LogP contribution in [0, 0.1) is 0 Å². The second-order valence-corrected chi connectivity index (χ2v) is 8.96. The molecular formula is C24H20BrN3O2S. The molecule has 1 fully saturated rings. The zero-order chi connectivity index (χ0) is 21.6. The second-order valence-electron chi connectivity index (χ2n) is 6.87. The number of nitrogens with zero attached hydrogens (tertiary/aromatic N) is 3. The first kappa shape index (κ1) is 21.3. The predicted molar refractivity (Wildman–Crippen MR) is 130 cm³/mol. The number of rotatable bonds is 7. The Hall–Kier alpha value is -2.90. The number of benzene rings is 2. The number of carbonyl (C=O) groups is 1. The van der Waals surface area contributed by atoms with Crippen LogP contribution in [0.4, 0.5) is 0 Å². The van der Waals surface area contributed by atoms with E-state index < -0.39 is 0 Å². The molecule has 0 aliphatic carbocycles. The van der Waals surface area contributed by atoms with Crippen LogP contribution in [0.1, 0.15) is 11.3 Å². The van der Waals surface area contributed by atoms with Gasteiger partial charge in [0.2, 0.25) is 5.91 Å². The topological polar surface area (TPSA) is 58.2 Å². The van der Waals surface area contributed by atoms with Crippen molar-refractivity contribution in [1.29, 1.82) is 0 Å². The third-order valence-corrected chi connectivity index (χ3v) is 6.37. The van der Waals surface area contributed by atoms with Crippen molar-refractivity contribution in [3.8, 4) is 11.3 Å². The van der Waals surface area contributed by atoms with E-state index >= 15 is 0 Å². The summed E-state index contributed by atoms with van der Waals surface area (Å²) in [6, 6.07) is 21.6. The number of carbonyl (C=O) groups excluding carboxylic acids is 1. The van der Waals surface area contributed by atoms with Crippen molar-refractivity contribution in [3.05, 3.63) is 95.2 Å². The van der Waals surface area contributed by atoms with Crippen molar-refractivity contribution >= 4 is 45.0 Å². The number of amides is 1. The molecule has 1 saturated heterocycles. The number of hydrogen-bond acceptors (Lipinski definition) is 5. The largest absolute Gasteiger partial charge is 0.455 e. The first-order valence-corrected chi connectivity index (χ1v) is 11.4. The van der Waals surface area contributed by atoms with Crippen LogP contribution in [0.15, 0.2) is 98.5 Å². The number of thioether (sulfide) groups is 1. The monoisotopic (exact) mass is 493 g/mol. The Labute approximate surface area is 193 Å². The summed E-state index contributed by atoms with van der Waals surface area (Å²) in [4.78, 5) is 14.5. The first-order chi connectivity index (χ1) is 15.1. The Kier molecular flexibility index (Phi) is 6.84. The highest BCUT2D eigenvalue weighted by molar-refractivity contribution is 9.10.